The highest BCUT2D eigenvalue weighted by Gasteiger charge is 2.36. The van der Waals surface area contributed by atoms with Crippen LogP contribution in [0.25, 0.3) is 11.1 Å². The van der Waals surface area contributed by atoms with Gasteiger partial charge in [-0.05, 0) is 30.5 Å². The molecular weight excluding hydrogens is 356 g/mol. The molecule has 2 aliphatic rings. The van der Waals surface area contributed by atoms with Crippen LogP contribution in [0.4, 0.5) is 0 Å². The summed E-state index contributed by atoms with van der Waals surface area (Å²) in [5.74, 6) is 2.18. The van der Waals surface area contributed by atoms with Crippen molar-refractivity contribution in [3.05, 3.63) is 70.6 Å². The number of likely N-dealkylation sites (tertiary alicyclic amines) is 1. The zero-order chi connectivity index (χ0) is 19.1. The molecule has 0 spiro atoms. The quantitative estimate of drug-likeness (QED) is 0.748. The molecule has 5 rings (SSSR count). The van der Waals surface area contributed by atoms with Crippen molar-refractivity contribution in [2.45, 2.75) is 32.0 Å². The molecule has 2 bridgehead atoms. The number of hydrogen-bond acceptors (Lipinski definition) is 6. The average Bonchev–Trinajstić information content (AvgIpc) is 3.17. The molecule has 1 fully saturated rings. The van der Waals surface area contributed by atoms with Crippen molar-refractivity contribution in [2.24, 2.45) is 5.92 Å². The molecule has 0 radical (unpaired) electrons. The van der Waals surface area contributed by atoms with E-state index >= 15 is 0 Å². The molecule has 7 nitrogen and oxygen atoms in total. The van der Waals surface area contributed by atoms with Crippen LogP contribution >= 0.6 is 0 Å². The van der Waals surface area contributed by atoms with E-state index in [1.165, 1.54) is 6.33 Å². The van der Waals surface area contributed by atoms with Crippen LogP contribution in [0.3, 0.4) is 0 Å². The Labute approximate surface area is 162 Å². The Balaban J connectivity index is 1.48. The molecule has 0 saturated carbocycles. The number of piperidine rings is 1. The third-order valence-electron chi connectivity index (χ3n) is 5.79. The largest absolute Gasteiger partial charge is 0.462 e. The van der Waals surface area contributed by atoms with E-state index in [2.05, 4.69) is 14.9 Å². The molecule has 1 saturated heterocycles. The van der Waals surface area contributed by atoms with Gasteiger partial charge in [0.1, 0.15) is 24.5 Å². The fourth-order valence-electron chi connectivity index (χ4n) is 4.74. The van der Waals surface area contributed by atoms with Crippen molar-refractivity contribution in [3.63, 3.8) is 0 Å². The lowest BCUT2D eigenvalue weighted by Gasteiger charge is -2.43. The normalized spacial score (nSPS) is 21.5. The SMILES string of the molecule is O=c1ccc(-c2cncnc2)c2n1C[C@H]1C[C@@H]2CN(Cc2ccc(CO)o2)C1. The van der Waals surface area contributed by atoms with Crippen LogP contribution in [-0.2, 0) is 19.7 Å². The average molecular weight is 378 g/mol. The lowest BCUT2D eigenvalue weighted by molar-refractivity contribution is 0.107. The Hall–Kier alpha value is -2.77. The number of nitrogens with zero attached hydrogens (tertiary/aromatic N) is 4. The van der Waals surface area contributed by atoms with Gasteiger partial charge in [-0.3, -0.25) is 9.69 Å². The lowest BCUT2D eigenvalue weighted by Crippen LogP contribution is -2.47. The van der Waals surface area contributed by atoms with Gasteiger partial charge < -0.3 is 14.1 Å². The summed E-state index contributed by atoms with van der Waals surface area (Å²) in [6.45, 7) is 3.19. The molecule has 3 aromatic rings. The number of aromatic nitrogens is 3. The van der Waals surface area contributed by atoms with Gasteiger partial charge in [0.05, 0.1) is 6.54 Å². The molecule has 7 heteroatoms. The fraction of sp³-hybridized carbons (Fsp3) is 0.381. The van der Waals surface area contributed by atoms with Crippen LogP contribution < -0.4 is 5.56 Å². The first-order valence-electron chi connectivity index (χ1n) is 9.61. The summed E-state index contributed by atoms with van der Waals surface area (Å²) >= 11 is 0. The molecule has 0 amide bonds. The van der Waals surface area contributed by atoms with Crippen molar-refractivity contribution in [3.8, 4) is 11.1 Å². The predicted octanol–water partition coefficient (Wildman–Crippen LogP) is 2.01. The molecule has 2 atom stereocenters. The second-order valence-electron chi connectivity index (χ2n) is 7.73. The zero-order valence-electron chi connectivity index (χ0n) is 15.5. The van der Waals surface area contributed by atoms with Crippen molar-refractivity contribution in [1.82, 2.24) is 19.4 Å². The van der Waals surface area contributed by atoms with E-state index in [-0.39, 0.29) is 18.1 Å². The van der Waals surface area contributed by atoms with Crippen molar-refractivity contribution in [1.29, 1.82) is 0 Å². The van der Waals surface area contributed by atoms with E-state index in [0.29, 0.717) is 18.2 Å². The Morgan fingerprint density at radius 2 is 1.89 bits per heavy atom. The summed E-state index contributed by atoms with van der Waals surface area (Å²) in [5.41, 5.74) is 3.16. The zero-order valence-corrected chi connectivity index (χ0v) is 15.5. The van der Waals surface area contributed by atoms with E-state index in [1.54, 1.807) is 18.5 Å². The summed E-state index contributed by atoms with van der Waals surface area (Å²) in [5, 5.41) is 9.21. The van der Waals surface area contributed by atoms with E-state index in [1.807, 2.05) is 22.8 Å². The van der Waals surface area contributed by atoms with E-state index in [4.69, 9.17) is 4.42 Å². The summed E-state index contributed by atoms with van der Waals surface area (Å²) in [7, 11) is 0. The standard InChI is InChI=1S/C21H22N4O3/c26-12-18-2-1-17(28-18)11-24-8-14-5-15(10-24)21-19(16-6-22-13-23-7-16)3-4-20(27)25(21)9-14/h1-4,6-7,13-15,26H,5,8-12H2/t14-,15+/m0/s1. The topological polar surface area (TPSA) is 84.4 Å². The van der Waals surface area contributed by atoms with Gasteiger partial charge in [-0.15, -0.1) is 0 Å². The minimum absolute atomic E-state index is 0.0670. The molecular formula is C21H22N4O3. The molecule has 0 aromatic carbocycles. The van der Waals surface area contributed by atoms with Crippen molar-refractivity contribution >= 4 is 0 Å². The molecule has 1 N–H and O–H groups in total. The first kappa shape index (κ1) is 17.3. The second kappa shape index (κ2) is 7.00. The predicted molar refractivity (Wildman–Crippen MR) is 102 cm³/mol. The molecule has 0 aliphatic carbocycles. The minimum atomic E-state index is -0.0793. The number of aliphatic hydroxyl groups is 1. The van der Waals surface area contributed by atoms with Crippen molar-refractivity contribution in [2.75, 3.05) is 13.1 Å². The first-order valence-corrected chi connectivity index (χ1v) is 9.61. The number of rotatable bonds is 4. The number of hydrogen-bond donors (Lipinski definition) is 1. The summed E-state index contributed by atoms with van der Waals surface area (Å²) in [4.78, 5) is 23.3. The third-order valence-corrected chi connectivity index (χ3v) is 5.79. The van der Waals surface area contributed by atoms with Crippen LogP contribution in [-0.4, -0.2) is 37.6 Å². The Morgan fingerprint density at radius 3 is 2.68 bits per heavy atom. The lowest BCUT2D eigenvalue weighted by atomic mass is 9.80. The van der Waals surface area contributed by atoms with Gasteiger partial charge >= 0.3 is 0 Å². The molecule has 5 heterocycles. The number of furan rings is 1. The number of pyridine rings is 1. The molecule has 2 aliphatic heterocycles. The highest BCUT2D eigenvalue weighted by atomic mass is 16.4. The van der Waals surface area contributed by atoms with Crippen molar-refractivity contribution < 1.29 is 9.52 Å². The smallest absolute Gasteiger partial charge is 0.250 e. The maximum Gasteiger partial charge on any atom is 0.250 e. The van der Waals surface area contributed by atoms with E-state index < -0.39 is 0 Å². The van der Waals surface area contributed by atoms with Crippen LogP contribution in [0.5, 0.6) is 0 Å². The van der Waals surface area contributed by atoms with Crippen LogP contribution in [0.2, 0.25) is 0 Å². The number of aliphatic hydroxyl groups excluding tert-OH is 1. The van der Waals surface area contributed by atoms with E-state index in [9.17, 15) is 9.90 Å². The monoisotopic (exact) mass is 378 g/mol. The highest BCUT2D eigenvalue weighted by molar-refractivity contribution is 5.65. The summed E-state index contributed by atoms with van der Waals surface area (Å²) in [6, 6.07) is 7.32. The van der Waals surface area contributed by atoms with Gasteiger partial charge in [0, 0.05) is 60.8 Å². The molecule has 0 unspecified atom stereocenters. The summed E-state index contributed by atoms with van der Waals surface area (Å²) in [6.07, 6.45) is 6.22. The van der Waals surface area contributed by atoms with E-state index in [0.717, 1.165) is 48.6 Å². The van der Waals surface area contributed by atoms with Gasteiger partial charge in [0.25, 0.3) is 5.56 Å². The molecule has 3 aromatic heterocycles. The van der Waals surface area contributed by atoms with Gasteiger partial charge in [0.2, 0.25) is 0 Å². The van der Waals surface area contributed by atoms with Gasteiger partial charge in [-0.2, -0.15) is 0 Å². The Kier molecular flexibility index (Phi) is 4.33. The Morgan fingerprint density at radius 1 is 1.07 bits per heavy atom. The van der Waals surface area contributed by atoms with Crippen LogP contribution in [0, 0.1) is 5.92 Å². The number of fused-ring (bicyclic) bond motifs is 4. The second-order valence-corrected chi connectivity index (χ2v) is 7.73. The summed E-state index contributed by atoms with van der Waals surface area (Å²) < 4.78 is 7.63. The molecule has 28 heavy (non-hydrogen) atoms. The first-order chi connectivity index (χ1) is 13.7. The van der Waals surface area contributed by atoms with Gasteiger partial charge in [-0.25, -0.2) is 9.97 Å². The fourth-order valence-corrected chi connectivity index (χ4v) is 4.74. The third kappa shape index (κ3) is 3.06. The maximum absolute atomic E-state index is 12.6. The van der Waals surface area contributed by atoms with Gasteiger partial charge in [0.15, 0.2) is 0 Å². The van der Waals surface area contributed by atoms with Crippen LogP contribution in [0.15, 0.2) is 52.2 Å². The Bertz CT molecular complexity index is 1040. The molecule has 144 valence electrons. The highest BCUT2D eigenvalue weighted by Crippen LogP contribution is 2.39. The minimum Gasteiger partial charge on any atom is -0.462 e. The maximum atomic E-state index is 12.6. The van der Waals surface area contributed by atoms with Gasteiger partial charge in [-0.1, -0.05) is 0 Å². The van der Waals surface area contributed by atoms with Crippen LogP contribution in [0.1, 0.15) is 29.6 Å².